The molecule has 0 aromatic heterocycles. The highest BCUT2D eigenvalue weighted by Crippen LogP contribution is 2.24. The van der Waals surface area contributed by atoms with Gasteiger partial charge in [-0.25, -0.2) is 8.42 Å². The summed E-state index contributed by atoms with van der Waals surface area (Å²) in [5.74, 6) is -0.421. The number of halogens is 1. The Labute approximate surface area is 153 Å². The van der Waals surface area contributed by atoms with Gasteiger partial charge < -0.3 is 5.32 Å². The predicted octanol–water partition coefficient (Wildman–Crippen LogP) is 3.67. The lowest BCUT2D eigenvalue weighted by atomic mass is 10.1. The summed E-state index contributed by atoms with van der Waals surface area (Å²) in [5, 5.41) is 3.31. The second-order valence-corrected chi connectivity index (χ2v) is 8.41. The molecule has 25 heavy (non-hydrogen) atoms. The van der Waals surface area contributed by atoms with E-state index in [9.17, 15) is 13.2 Å². The Morgan fingerprint density at radius 3 is 2.32 bits per heavy atom. The Bertz CT molecular complexity index is 911. The van der Waals surface area contributed by atoms with Crippen LogP contribution in [-0.4, -0.2) is 27.1 Å². The largest absolute Gasteiger partial charge is 0.324 e. The van der Waals surface area contributed by atoms with E-state index in [0.29, 0.717) is 16.4 Å². The number of carbonyl (C=O) groups excluding carboxylic acids is 1. The zero-order valence-electron chi connectivity index (χ0n) is 14.6. The van der Waals surface area contributed by atoms with Crippen molar-refractivity contribution in [3.05, 3.63) is 58.1 Å². The molecular weight excluding hydrogens is 360 g/mol. The molecule has 1 amide bonds. The van der Waals surface area contributed by atoms with Crippen molar-refractivity contribution in [2.45, 2.75) is 20.8 Å². The SMILES string of the molecule is Cc1ccc(N(CC(=O)Nc2ccc(Cl)cc2C)S(C)(=O)=O)c(C)c1. The highest BCUT2D eigenvalue weighted by Gasteiger charge is 2.22. The fourth-order valence-electron chi connectivity index (χ4n) is 2.55. The van der Waals surface area contributed by atoms with Crippen LogP contribution in [0.2, 0.25) is 5.02 Å². The van der Waals surface area contributed by atoms with Crippen LogP contribution in [0.15, 0.2) is 36.4 Å². The number of carbonyl (C=O) groups is 1. The van der Waals surface area contributed by atoms with Crippen molar-refractivity contribution in [2.75, 3.05) is 22.4 Å². The van der Waals surface area contributed by atoms with Crippen molar-refractivity contribution in [3.8, 4) is 0 Å². The second-order valence-electron chi connectivity index (χ2n) is 6.07. The number of aryl methyl sites for hydroxylation is 3. The van der Waals surface area contributed by atoms with Crippen LogP contribution in [0.3, 0.4) is 0 Å². The van der Waals surface area contributed by atoms with Gasteiger partial charge in [-0.15, -0.1) is 0 Å². The van der Waals surface area contributed by atoms with Crippen molar-refractivity contribution in [1.29, 1.82) is 0 Å². The first-order valence-electron chi connectivity index (χ1n) is 7.69. The van der Waals surface area contributed by atoms with Crippen LogP contribution >= 0.6 is 11.6 Å². The minimum absolute atomic E-state index is 0.301. The Balaban J connectivity index is 2.27. The lowest BCUT2D eigenvalue weighted by molar-refractivity contribution is -0.114. The van der Waals surface area contributed by atoms with E-state index in [-0.39, 0.29) is 6.54 Å². The molecule has 1 N–H and O–H groups in total. The average Bonchev–Trinajstić information content (AvgIpc) is 2.47. The molecule has 0 spiro atoms. The van der Waals surface area contributed by atoms with E-state index in [4.69, 9.17) is 11.6 Å². The molecule has 0 bridgehead atoms. The van der Waals surface area contributed by atoms with Gasteiger partial charge in [0.25, 0.3) is 0 Å². The van der Waals surface area contributed by atoms with E-state index < -0.39 is 15.9 Å². The summed E-state index contributed by atoms with van der Waals surface area (Å²) in [5.41, 5.74) is 3.72. The Morgan fingerprint density at radius 2 is 1.76 bits per heavy atom. The molecule has 0 aliphatic heterocycles. The summed E-state index contributed by atoms with van der Waals surface area (Å²) >= 11 is 5.91. The standard InChI is InChI=1S/C18H21ClN2O3S/c1-12-5-8-17(14(3)9-12)21(25(4,23)24)11-18(22)20-16-7-6-15(19)10-13(16)2/h5-10H,11H2,1-4H3,(H,20,22). The minimum Gasteiger partial charge on any atom is -0.324 e. The van der Waals surface area contributed by atoms with Gasteiger partial charge in [-0.2, -0.15) is 0 Å². The molecule has 0 saturated carbocycles. The van der Waals surface area contributed by atoms with Gasteiger partial charge in [0.2, 0.25) is 15.9 Å². The molecule has 2 aromatic rings. The molecule has 0 unspecified atom stereocenters. The topological polar surface area (TPSA) is 66.5 Å². The number of nitrogens with one attached hydrogen (secondary N) is 1. The van der Waals surface area contributed by atoms with E-state index in [1.165, 1.54) is 0 Å². The molecule has 0 atom stereocenters. The Morgan fingerprint density at radius 1 is 1.08 bits per heavy atom. The van der Waals surface area contributed by atoms with Crippen LogP contribution < -0.4 is 9.62 Å². The summed E-state index contributed by atoms with van der Waals surface area (Å²) in [6.45, 7) is 5.27. The summed E-state index contributed by atoms with van der Waals surface area (Å²) in [7, 11) is -3.61. The van der Waals surface area contributed by atoms with Gasteiger partial charge in [0.1, 0.15) is 6.54 Å². The summed E-state index contributed by atoms with van der Waals surface area (Å²) < 4.78 is 25.5. The van der Waals surface area contributed by atoms with E-state index in [0.717, 1.165) is 27.3 Å². The second kappa shape index (κ2) is 7.45. The number of hydrogen-bond donors (Lipinski definition) is 1. The number of hydrogen-bond acceptors (Lipinski definition) is 3. The highest BCUT2D eigenvalue weighted by molar-refractivity contribution is 7.92. The van der Waals surface area contributed by atoms with Crippen LogP contribution in [0.4, 0.5) is 11.4 Å². The number of amides is 1. The van der Waals surface area contributed by atoms with Crippen molar-refractivity contribution in [3.63, 3.8) is 0 Å². The van der Waals surface area contributed by atoms with Crippen LogP contribution in [0.1, 0.15) is 16.7 Å². The summed E-state index contributed by atoms with van der Waals surface area (Å²) in [6.07, 6.45) is 1.09. The van der Waals surface area contributed by atoms with Gasteiger partial charge in [-0.05, 0) is 56.2 Å². The molecule has 134 valence electrons. The first-order chi connectivity index (χ1) is 11.6. The normalized spacial score (nSPS) is 11.2. The van der Waals surface area contributed by atoms with E-state index >= 15 is 0 Å². The maximum Gasteiger partial charge on any atom is 0.245 e. The van der Waals surface area contributed by atoms with Gasteiger partial charge in [0, 0.05) is 10.7 Å². The molecule has 0 heterocycles. The Kier molecular flexibility index (Phi) is 5.75. The van der Waals surface area contributed by atoms with Crippen LogP contribution in [0.25, 0.3) is 0 Å². The zero-order valence-corrected chi connectivity index (χ0v) is 16.2. The molecule has 0 fully saturated rings. The van der Waals surface area contributed by atoms with Crippen LogP contribution in [0.5, 0.6) is 0 Å². The first kappa shape index (κ1) is 19.3. The molecule has 5 nitrogen and oxygen atoms in total. The monoisotopic (exact) mass is 380 g/mol. The van der Waals surface area contributed by atoms with Crippen molar-refractivity contribution in [2.24, 2.45) is 0 Å². The fraction of sp³-hybridized carbons (Fsp3) is 0.278. The number of nitrogens with zero attached hydrogens (tertiary/aromatic N) is 1. The predicted molar refractivity (Wildman–Crippen MR) is 103 cm³/mol. The zero-order chi connectivity index (χ0) is 18.8. The fourth-order valence-corrected chi connectivity index (χ4v) is 3.69. The lowest BCUT2D eigenvalue weighted by Gasteiger charge is -2.24. The highest BCUT2D eigenvalue weighted by atomic mass is 35.5. The lowest BCUT2D eigenvalue weighted by Crippen LogP contribution is -2.38. The van der Waals surface area contributed by atoms with Gasteiger partial charge >= 0.3 is 0 Å². The minimum atomic E-state index is -3.61. The van der Waals surface area contributed by atoms with Crippen molar-refractivity contribution < 1.29 is 13.2 Å². The molecule has 0 aliphatic carbocycles. The van der Waals surface area contributed by atoms with Gasteiger partial charge in [0.15, 0.2) is 0 Å². The van der Waals surface area contributed by atoms with E-state index in [2.05, 4.69) is 5.32 Å². The van der Waals surface area contributed by atoms with Crippen molar-refractivity contribution >= 4 is 38.9 Å². The number of benzene rings is 2. The molecule has 2 rings (SSSR count). The molecule has 0 aliphatic rings. The quantitative estimate of drug-likeness (QED) is 0.860. The molecule has 7 heteroatoms. The number of sulfonamides is 1. The number of rotatable bonds is 5. The number of anilines is 2. The van der Waals surface area contributed by atoms with E-state index in [1.54, 1.807) is 24.3 Å². The third-order valence-corrected chi connectivity index (χ3v) is 5.13. The molecule has 0 radical (unpaired) electrons. The molecule has 0 saturated heterocycles. The Hall–Kier alpha value is -2.05. The molecule has 2 aromatic carbocycles. The van der Waals surface area contributed by atoms with Crippen LogP contribution in [0, 0.1) is 20.8 Å². The first-order valence-corrected chi connectivity index (χ1v) is 9.91. The third kappa shape index (κ3) is 4.96. The van der Waals surface area contributed by atoms with Crippen LogP contribution in [-0.2, 0) is 14.8 Å². The van der Waals surface area contributed by atoms with Gasteiger partial charge in [0.05, 0.1) is 11.9 Å². The summed E-state index contributed by atoms with van der Waals surface area (Å²) in [6, 6.07) is 10.5. The van der Waals surface area contributed by atoms with Crippen molar-refractivity contribution in [1.82, 2.24) is 0 Å². The average molecular weight is 381 g/mol. The maximum atomic E-state index is 12.4. The van der Waals surface area contributed by atoms with E-state index in [1.807, 2.05) is 32.9 Å². The van der Waals surface area contributed by atoms with Gasteiger partial charge in [-0.1, -0.05) is 29.3 Å². The summed E-state index contributed by atoms with van der Waals surface area (Å²) in [4.78, 5) is 12.4. The maximum absolute atomic E-state index is 12.4. The smallest absolute Gasteiger partial charge is 0.245 e. The van der Waals surface area contributed by atoms with Gasteiger partial charge in [-0.3, -0.25) is 9.10 Å². The third-order valence-electron chi connectivity index (χ3n) is 3.77. The molecular formula is C18H21ClN2O3S.